The fourth-order valence-electron chi connectivity index (χ4n) is 1.22. The Labute approximate surface area is 91.7 Å². The SMILES string of the molecule is CO[Si](/C=C/c1ccccc1)(OC)OC. The fraction of sp³-hybridized carbons (Fsp3) is 0.273. The second kappa shape index (κ2) is 5.82. The summed E-state index contributed by atoms with van der Waals surface area (Å²) in [7, 11) is 2.19. The molecule has 0 amide bonds. The number of hydrogen-bond donors (Lipinski definition) is 0. The van der Waals surface area contributed by atoms with Crippen LogP contribution in [0.15, 0.2) is 36.0 Å². The van der Waals surface area contributed by atoms with Gasteiger partial charge in [-0.1, -0.05) is 36.4 Å². The van der Waals surface area contributed by atoms with E-state index < -0.39 is 8.80 Å². The van der Waals surface area contributed by atoms with Gasteiger partial charge in [0.05, 0.1) is 0 Å². The second-order valence-electron chi connectivity index (χ2n) is 2.96. The lowest BCUT2D eigenvalue weighted by Crippen LogP contribution is -2.40. The van der Waals surface area contributed by atoms with E-state index in [4.69, 9.17) is 13.3 Å². The average Bonchev–Trinajstić information content (AvgIpc) is 2.33. The van der Waals surface area contributed by atoms with Crippen LogP contribution in [0.25, 0.3) is 6.08 Å². The molecule has 15 heavy (non-hydrogen) atoms. The third kappa shape index (κ3) is 3.28. The molecule has 0 radical (unpaired) electrons. The first-order valence-corrected chi connectivity index (χ1v) is 6.46. The van der Waals surface area contributed by atoms with E-state index in [2.05, 4.69) is 0 Å². The summed E-state index contributed by atoms with van der Waals surface area (Å²) in [5.74, 6) is 0. The summed E-state index contributed by atoms with van der Waals surface area (Å²) in [6.07, 6.45) is 1.95. The third-order valence-electron chi connectivity index (χ3n) is 2.13. The van der Waals surface area contributed by atoms with Crippen LogP contribution in [0.1, 0.15) is 5.56 Å². The van der Waals surface area contributed by atoms with Crippen LogP contribution >= 0.6 is 0 Å². The molecule has 82 valence electrons. The van der Waals surface area contributed by atoms with Gasteiger partial charge in [0.1, 0.15) is 0 Å². The molecule has 0 saturated carbocycles. The number of rotatable bonds is 5. The van der Waals surface area contributed by atoms with Gasteiger partial charge in [-0.3, -0.25) is 0 Å². The predicted molar refractivity (Wildman–Crippen MR) is 62.3 cm³/mol. The lowest BCUT2D eigenvalue weighted by atomic mass is 10.2. The Morgan fingerprint density at radius 1 is 0.933 bits per heavy atom. The molecule has 0 aromatic heterocycles. The Bertz CT molecular complexity index is 299. The minimum Gasteiger partial charge on any atom is -0.374 e. The van der Waals surface area contributed by atoms with E-state index >= 15 is 0 Å². The molecule has 1 rings (SSSR count). The average molecular weight is 224 g/mol. The van der Waals surface area contributed by atoms with Crippen LogP contribution in [0.5, 0.6) is 0 Å². The van der Waals surface area contributed by atoms with Gasteiger partial charge in [0.25, 0.3) is 0 Å². The van der Waals surface area contributed by atoms with Crippen molar-refractivity contribution in [2.24, 2.45) is 0 Å². The maximum atomic E-state index is 5.27. The van der Waals surface area contributed by atoms with Crippen molar-refractivity contribution in [3.05, 3.63) is 41.6 Å². The highest BCUT2D eigenvalue weighted by Gasteiger charge is 2.34. The highest BCUT2D eigenvalue weighted by Crippen LogP contribution is 2.10. The first kappa shape index (κ1) is 12.1. The van der Waals surface area contributed by atoms with Crippen molar-refractivity contribution in [2.45, 2.75) is 0 Å². The van der Waals surface area contributed by atoms with Crippen molar-refractivity contribution in [1.82, 2.24) is 0 Å². The van der Waals surface area contributed by atoms with Crippen LogP contribution in [-0.4, -0.2) is 30.1 Å². The minimum atomic E-state index is -2.58. The molecule has 0 spiro atoms. The van der Waals surface area contributed by atoms with E-state index in [1.54, 1.807) is 21.3 Å². The molecule has 1 aromatic rings. The van der Waals surface area contributed by atoms with Crippen molar-refractivity contribution in [2.75, 3.05) is 21.3 Å². The summed E-state index contributed by atoms with van der Waals surface area (Å²) in [5, 5.41) is 0. The molecule has 0 fully saturated rings. The van der Waals surface area contributed by atoms with Crippen LogP contribution in [0.2, 0.25) is 0 Å². The quantitative estimate of drug-likeness (QED) is 0.717. The summed E-state index contributed by atoms with van der Waals surface area (Å²) in [6.45, 7) is 0. The normalized spacial score (nSPS) is 12.2. The lowest BCUT2D eigenvalue weighted by Gasteiger charge is -2.20. The van der Waals surface area contributed by atoms with Gasteiger partial charge < -0.3 is 13.3 Å². The molecule has 3 nitrogen and oxygen atoms in total. The predicted octanol–water partition coefficient (Wildman–Crippen LogP) is 2.12. The molecular weight excluding hydrogens is 208 g/mol. The fourth-order valence-corrected chi connectivity index (χ4v) is 2.52. The van der Waals surface area contributed by atoms with Crippen LogP contribution in [0.3, 0.4) is 0 Å². The zero-order chi connectivity index (χ0) is 11.1. The highest BCUT2D eigenvalue weighted by molar-refractivity contribution is 6.66. The molecule has 0 heterocycles. The van der Waals surface area contributed by atoms with Crippen LogP contribution in [0, 0.1) is 0 Å². The van der Waals surface area contributed by atoms with Crippen molar-refractivity contribution < 1.29 is 13.3 Å². The first-order chi connectivity index (χ1) is 7.26. The molecular formula is C11H16O3Si. The van der Waals surface area contributed by atoms with Gasteiger partial charge in [0.15, 0.2) is 0 Å². The Hall–Kier alpha value is -0.943. The molecule has 0 N–H and O–H groups in total. The molecule has 1 aromatic carbocycles. The summed E-state index contributed by atoms with van der Waals surface area (Å²) in [6, 6.07) is 9.96. The van der Waals surface area contributed by atoms with E-state index in [0.29, 0.717) is 0 Å². The second-order valence-corrected chi connectivity index (χ2v) is 5.73. The summed E-state index contributed by atoms with van der Waals surface area (Å²) in [4.78, 5) is 0. The number of hydrogen-bond acceptors (Lipinski definition) is 3. The maximum Gasteiger partial charge on any atom is 0.528 e. The molecule has 0 aliphatic carbocycles. The third-order valence-corrected chi connectivity index (χ3v) is 4.42. The van der Waals surface area contributed by atoms with Crippen LogP contribution in [-0.2, 0) is 13.3 Å². The molecule has 0 unspecified atom stereocenters. The van der Waals surface area contributed by atoms with Gasteiger partial charge in [0.2, 0.25) is 0 Å². The smallest absolute Gasteiger partial charge is 0.374 e. The van der Waals surface area contributed by atoms with Gasteiger partial charge in [-0.05, 0) is 11.3 Å². The Morgan fingerprint density at radius 3 is 1.93 bits per heavy atom. The standard InChI is InChI=1S/C11H16O3Si/c1-12-15(13-2,14-3)10-9-11-7-5-4-6-8-11/h4-10H,1-3H3/b10-9+. The Balaban J connectivity index is 2.79. The molecule has 0 bridgehead atoms. The number of benzene rings is 1. The van der Waals surface area contributed by atoms with E-state index in [0.717, 1.165) is 5.56 Å². The largest absolute Gasteiger partial charge is 0.528 e. The molecule has 0 saturated heterocycles. The van der Waals surface area contributed by atoms with Gasteiger partial charge in [-0.15, -0.1) is 0 Å². The maximum absolute atomic E-state index is 5.27. The van der Waals surface area contributed by atoms with E-state index in [1.807, 2.05) is 42.1 Å². The molecule has 0 aliphatic heterocycles. The first-order valence-electron chi connectivity index (χ1n) is 4.66. The topological polar surface area (TPSA) is 27.7 Å². The van der Waals surface area contributed by atoms with Gasteiger partial charge in [0, 0.05) is 21.3 Å². The summed E-state index contributed by atoms with van der Waals surface area (Å²) in [5.41, 5.74) is 2.96. The van der Waals surface area contributed by atoms with Gasteiger partial charge >= 0.3 is 8.80 Å². The van der Waals surface area contributed by atoms with Crippen molar-refractivity contribution in [3.8, 4) is 0 Å². The van der Waals surface area contributed by atoms with Gasteiger partial charge in [-0.25, -0.2) is 0 Å². The zero-order valence-electron chi connectivity index (χ0n) is 9.27. The molecule has 4 heteroatoms. The zero-order valence-corrected chi connectivity index (χ0v) is 10.3. The Morgan fingerprint density at radius 2 is 1.47 bits per heavy atom. The van der Waals surface area contributed by atoms with E-state index in [1.165, 1.54) is 0 Å². The molecule has 0 atom stereocenters. The highest BCUT2D eigenvalue weighted by atomic mass is 28.4. The Kier molecular flexibility index (Phi) is 4.71. The van der Waals surface area contributed by atoms with E-state index in [-0.39, 0.29) is 0 Å². The van der Waals surface area contributed by atoms with Crippen molar-refractivity contribution in [3.63, 3.8) is 0 Å². The summed E-state index contributed by atoms with van der Waals surface area (Å²) < 4.78 is 15.8. The van der Waals surface area contributed by atoms with Crippen molar-refractivity contribution >= 4 is 14.9 Å². The summed E-state index contributed by atoms with van der Waals surface area (Å²) >= 11 is 0. The van der Waals surface area contributed by atoms with E-state index in [9.17, 15) is 0 Å². The lowest BCUT2D eigenvalue weighted by molar-refractivity contribution is 0.139. The monoisotopic (exact) mass is 224 g/mol. The van der Waals surface area contributed by atoms with Crippen LogP contribution < -0.4 is 0 Å². The van der Waals surface area contributed by atoms with Crippen molar-refractivity contribution in [1.29, 1.82) is 0 Å². The molecule has 0 aliphatic rings. The minimum absolute atomic E-state index is 1.10. The van der Waals surface area contributed by atoms with Crippen LogP contribution in [0.4, 0.5) is 0 Å². The van der Waals surface area contributed by atoms with Gasteiger partial charge in [-0.2, -0.15) is 0 Å².